The summed E-state index contributed by atoms with van der Waals surface area (Å²) in [6.07, 6.45) is -1.30. The molecule has 0 fully saturated rings. The summed E-state index contributed by atoms with van der Waals surface area (Å²) >= 11 is 2.50. The van der Waals surface area contributed by atoms with Crippen LogP contribution >= 0.6 is 23.1 Å². The number of hydrogen-bond acceptors (Lipinski definition) is 6. The number of anilines is 1. The van der Waals surface area contributed by atoms with E-state index in [1.165, 1.54) is 23.5 Å². The van der Waals surface area contributed by atoms with Gasteiger partial charge in [0.1, 0.15) is 10.8 Å². The lowest BCUT2D eigenvalue weighted by Crippen LogP contribution is -2.10. The van der Waals surface area contributed by atoms with Crippen molar-refractivity contribution in [2.45, 2.75) is 22.3 Å². The van der Waals surface area contributed by atoms with Crippen molar-refractivity contribution < 1.29 is 14.3 Å². The quantitative estimate of drug-likeness (QED) is 0.888. The van der Waals surface area contributed by atoms with E-state index in [0.29, 0.717) is 14.9 Å². The monoisotopic (exact) mass is 297 g/mol. The molecule has 8 heteroatoms. The van der Waals surface area contributed by atoms with E-state index in [1.807, 2.05) is 6.92 Å². The van der Waals surface area contributed by atoms with Crippen LogP contribution in [-0.2, 0) is 4.79 Å². The van der Waals surface area contributed by atoms with E-state index >= 15 is 0 Å². The summed E-state index contributed by atoms with van der Waals surface area (Å²) in [7, 11) is 0. The maximum absolute atomic E-state index is 13.9. The van der Waals surface area contributed by atoms with Crippen LogP contribution in [0.4, 0.5) is 10.1 Å². The van der Waals surface area contributed by atoms with Crippen molar-refractivity contribution in [1.29, 1.82) is 0 Å². The van der Waals surface area contributed by atoms with Gasteiger partial charge in [-0.3, -0.25) is 4.79 Å². The number of benzene rings is 1. The number of fused-ring (bicyclic) bond motifs is 1. The van der Waals surface area contributed by atoms with E-state index in [0.717, 1.165) is 16.8 Å². The van der Waals surface area contributed by atoms with Crippen molar-refractivity contribution in [3.63, 3.8) is 0 Å². The molecule has 2 heterocycles. The Balaban J connectivity index is 1.96. The predicted molar refractivity (Wildman–Crippen MR) is 68.8 cm³/mol. The highest BCUT2D eigenvalue weighted by atomic mass is 32.2. The number of amides is 1. The molecule has 1 unspecified atom stereocenters. The Morgan fingerprint density at radius 1 is 1.47 bits per heavy atom. The first-order chi connectivity index (χ1) is 9.04. The maximum Gasteiger partial charge on any atom is 0.257 e. The fraction of sp³-hybridized carbons (Fsp3) is 0.182. The highest BCUT2D eigenvalue weighted by Gasteiger charge is 2.30. The molecule has 2 aromatic rings. The minimum absolute atomic E-state index is 0.264. The first-order valence-corrected chi connectivity index (χ1v) is 6.98. The summed E-state index contributed by atoms with van der Waals surface area (Å²) in [6, 6.07) is 2.67. The third kappa shape index (κ3) is 2.22. The number of carbonyl (C=O) groups excluding carboxylic acids is 1. The molecule has 19 heavy (non-hydrogen) atoms. The lowest BCUT2D eigenvalue weighted by atomic mass is 10.1. The van der Waals surface area contributed by atoms with E-state index in [1.54, 1.807) is 0 Å². The van der Waals surface area contributed by atoms with Gasteiger partial charge in [-0.25, -0.2) is 4.39 Å². The molecule has 0 spiro atoms. The van der Waals surface area contributed by atoms with Gasteiger partial charge in [0.2, 0.25) is 0 Å². The van der Waals surface area contributed by atoms with Gasteiger partial charge in [0.15, 0.2) is 10.4 Å². The zero-order chi connectivity index (χ0) is 13.6. The Morgan fingerprint density at radius 2 is 2.26 bits per heavy atom. The van der Waals surface area contributed by atoms with E-state index in [9.17, 15) is 14.3 Å². The minimum atomic E-state index is -1.30. The van der Waals surface area contributed by atoms with E-state index in [2.05, 4.69) is 15.5 Å². The summed E-state index contributed by atoms with van der Waals surface area (Å²) in [4.78, 5) is 11.6. The Labute approximate surface area is 115 Å². The molecule has 1 aromatic carbocycles. The number of aryl methyl sites for hydroxylation is 1. The fourth-order valence-corrected chi connectivity index (χ4v) is 3.55. The topological polar surface area (TPSA) is 75.1 Å². The van der Waals surface area contributed by atoms with Crippen LogP contribution in [0, 0.1) is 12.7 Å². The average Bonchev–Trinajstić information content (AvgIpc) is 2.87. The third-order valence-corrected chi connectivity index (χ3v) is 4.53. The van der Waals surface area contributed by atoms with Crippen LogP contribution in [0.1, 0.15) is 16.7 Å². The van der Waals surface area contributed by atoms with Crippen molar-refractivity contribution in [2.24, 2.45) is 0 Å². The van der Waals surface area contributed by atoms with Crippen molar-refractivity contribution >= 4 is 34.7 Å². The standard InChI is InChI=1S/C11H8FN3O2S2/c1-4-14-15-11(18-4)19-8-3-7-5(2-6(8)12)9(16)10(17)13-7/h2-3,9,16H,1H3,(H,13,17). The molecule has 0 saturated heterocycles. The molecule has 0 bridgehead atoms. The predicted octanol–water partition coefficient (Wildman–Crippen LogP) is 2.12. The molecule has 1 aliphatic heterocycles. The Morgan fingerprint density at radius 3 is 2.95 bits per heavy atom. The largest absolute Gasteiger partial charge is 0.378 e. The van der Waals surface area contributed by atoms with Crippen LogP contribution in [0.25, 0.3) is 0 Å². The second kappa shape index (κ2) is 4.55. The molecule has 0 aliphatic carbocycles. The van der Waals surface area contributed by atoms with Gasteiger partial charge in [0.05, 0.1) is 4.90 Å². The maximum atomic E-state index is 13.9. The Bertz CT molecular complexity index is 674. The van der Waals surface area contributed by atoms with Crippen LogP contribution < -0.4 is 5.32 Å². The molecule has 1 amide bonds. The van der Waals surface area contributed by atoms with Gasteiger partial charge in [-0.1, -0.05) is 23.1 Å². The van der Waals surface area contributed by atoms with Crippen molar-refractivity contribution in [1.82, 2.24) is 10.2 Å². The Hall–Kier alpha value is -1.51. The van der Waals surface area contributed by atoms with E-state index in [4.69, 9.17) is 0 Å². The van der Waals surface area contributed by atoms with Gasteiger partial charge < -0.3 is 10.4 Å². The number of nitrogens with one attached hydrogen (secondary N) is 1. The second-order valence-corrected chi connectivity index (χ2v) is 6.42. The zero-order valence-electron chi connectivity index (χ0n) is 9.68. The molecule has 0 radical (unpaired) electrons. The lowest BCUT2D eigenvalue weighted by molar-refractivity contribution is -0.123. The van der Waals surface area contributed by atoms with Gasteiger partial charge in [-0.05, 0) is 19.1 Å². The highest BCUT2D eigenvalue weighted by Crippen LogP contribution is 2.38. The number of aliphatic hydroxyl groups is 1. The minimum Gasteiger partial charge on any atom is -0.378 e. The highest BCUT2D eigenvalue weighted by molar-refractivity contribution is 8.01. The zero-order valence-corrected chi connectivity index (χ0v) is 11.3. The van der Waals surface area contributed by atoms with Crippen LogP contribution in [0.15, 0.2) is 21.4 Å². The number of aliphatic hydroxyl groups excluding tert-OH is 1. The first-order valence-electron chi connectivity index (χ1n) is 5.35. The molecular formula is C11H8FN3O2S2. The molecular weight excluding hydrogens is 289 g/mol. The number of nitrogens with zero attached hydrogens (tertiary/aromatic N) is 2. The SMILES string of the molecule is Cc1nnc(Sc2cc3c(cc2F)C(O)C(=O)N3)s1. The van der Waals surface area contributed by atoms with Crippen molar-refractivity contribution in [3.8, 4) is 0 Å². The summed E-state index contributed by atoms with van der Waals surface area (Å²) in [6.45, 7) is 1.82. The van der Waals surface area contributed by atoms with Crippen LogP contribution in [-0.4, -0.2) is 21.2 Å². The fourth-order valence-electron chi connectivity index (χ4n) is 1.74. The Kier molecular flexibility index (Phi) is 3.00. The second-order valence-electron chi connectivity index (χ2n) is 3.95. The van der Waals surface area contributed by atoms with Crippen molar-refractivity contribution in [3.05, 3.63) is 28.5 Å². The molecule has 1 atom stereocenters. The van der Waals surface area contributed by atoms with Gasteiger partial charge in [-0.15, -0.1) is 10.2 Å². The molecule has 1 aliphatic rings. The smallest absolute Gasteiger partial charge is 0.257 e. The number of hydrogen-bond donors (Lipinski definition) is 2. The number of aromatic nitrogens is 2. The first kappa shape index (κ1) is 12.5. The van der Waals surface area contributed by atoms with E-state index < -0.39 is 17.8 Å². The van der Waals surface area contributed by atoms with Gasteiger partial charge in [-0.2, -0.15) is 0 Å². The van der Waals surface area contributed by atoms with Gasteiger partial charge in [0.25, 0.3) is 5.91 Å². The third-order valence-electron chi connectivity index (χ3n) is 2.61. The molecule has 2 N–H and O–H groups in total. The number of rotatable bonds is 2. The molecule has 0 saturated carbocycles. The molecule has 1 aromatic heterocycles. The van der Waals surface area contributed by atoms with Crippen LogP contribution in [0.3, 0.4) is 0 Å². The lowest BCUT2D eigenvalue weighted by Gasteiger charge is -2.05. The summed E-state index contributed by atoms with van der Waals surface area (Å²) in [5, 5.41) is 20.6. The summed E-state index contributed by atoms with van der Waals surface area (Å²) < 4.78 is 14.5. The summed E-state index contributed by atoms with van der Waals surface area (Å²) in [5.74, 6) is -1.03. The molecule has 98 valence electrons. The average molecular weight is 297 g/mol. The van der Waals surface area contributed by atoms with E-state index in [-0.39, 0.29) is 5.56 Å². The van der Waals surface area contributed by atoms with Gasteiger partial charge in [0, 0.05) is 11.3 Å². The molecule has 5 nitrogen and oxygen atoms in total. The normalized spacial score (nSPS) is 17.4. The molecule has 3 rings (SSSR count). The van der Waals surface area contributed by atoms with Gasteiger partial charge >= 0.3 is 0 Å². The number of carbonyl (C=O) groups is 1. The summed E-state index contributed by atoms with van der Waals surface area (Å²) in [5.41, 5.74) is 0.697. The van der Waals surface area contributed by atoms with Crippen LogP contribution in [0.5, 0.6) is 0 Å². The van der Waals surface area contributed by atoms with Crippen molar-refractivity contribution in [2.75, 3.05) is 5.32 Å². The van der Waals surface area contributed by atoms with Crippen LogP contribution in [0.2, 0.25) is 0 Å². The number of halogens is 1.